The van der Waals surface area contributed by atoms with E-state index in [9.17, 15) is 0 Å². The molecule has 38 valence electrons. The van der Waals surface area contributed by atoms with Crippen LogP contribution in [0.1, 0.15) is 0 Å². The third kappa shape index (κ3) is 46.4. The summed E-state index contributed by atoms with van der Waals surface area (Å²) in [4.78, 5) is 8.56. The second kappa shape index (κ2) is 22.6. The van der Waals surface area contributed by atoms with E-state index in [0.717, 1.165) is 0 Å². The zero-order chi connectivity index (χ0) is 3.58. The van der Waals surface area contributed by atoms with E-state index in [-0.39, 0.29) is 159 Å². The molecule has 0 bridgehead atoms. The monoisotopic (exact) mass is 624 g/mol. The largest absolute Gasteiger partial charge is 0.503 e. The molecule has 0 unspecified atom stereocenters. The van der Waals surface area contributed by atoms with E-state index in [0.29, 0.717) is 0 Å². The Balaban J connectivity index is -0.00000000750. The molecule has 0 amide bonds. The minimum Gasteiger partial charge on any atom is -0.450 e. The van der Waals surface area contributed by atoms with Crippen molar-refractivity contribution in [2.75, 3.05) is 0 Å². The summed E-state index contributed by atoms with van der Waals surface area (Å²) in [5.74, 6) is 0. The van der Waals surface area contributed by atoms with Crippen LogP contribution in [0.4, 0.5) is 4.79 Å². The number of rotatable bonds is 0. The van der Waals surface area contributed by atoms with Gasteiger partial charge in [0.15, 0.2) is 0 Å². The number of hydrogen-bond acceptors (Lipinski definition) is 1. The van der Waals surface area contributed by atoms with Crippen molar-refractivity contribution in [2.45, 2.75) is 0 Å². The molecule has 0 aliphatic heterocycles. The van der Waals surface area contributed by atoms with Crippen molar-refractivity contribution in [3.63, 3.8) is 0 Å². The topological polar surface area (TPSA) is 57.5 Å². The molecule has 2 radical (unpaired) electrons. The minimum absolute atomic E-state index is 0. The van der Waals surface area contributed by atoms with Gasteiger partial charge in [0.1, 0.15) is 0 Å². The van der Waals surface area contributed by atoms with Gasteiger partial charge in [-0.2, -0.15) is 0 Å². The summed E-state index contributed by atoms with van der Waals surface area (Å²) in [5, 5.41) is 13.9. The molecule has 0 fully saturated rings. The van der Waals surface area contributed by atoms with Gasteiger partial charge in [-0.15, -0.1) is 0 Å². The maximum Gasteiger partial charge on any atom is 0.503 e. The van der Waals surface area contributed by atoms with Crippen LogP contribution in [-0.2, 0) is 0 Å². The first-order chi connectivity index (χ1) is 1.73. The zero-order valence-corrected chi connectivity index (χ0v) is 17.6. The normalized spacial score (nSPS) is 3.00. The number of carbonyl (C=O) groups is 1. The van der Waals surface area contributed by atoms with Crippen molar-refractivity contribution in [3.8, 4) is 0 Å². The summed E-state index contributed by atoms with van der Waals surface area (Å²) < 4.78 is 0. The van der Waals surface area contributed by atoms with Gasteiger partial charge < -0.3 is 10.2 Å². The number of carboxylic acid groups (broad SMARTS) is 2. The van der Waals surface area contributed by atoms with E-state index in [1.807, 2.05) is 0 Å². The third-order valence-electron chi connectivity index (χ3n) is 0. The van der Waals surface area contributed by atoms with Gasteiger partial charge in [-0.25, -0.2) is 4.79 Å². The fourth-order valence-corrected chi connectivity index (χ4v) is 0. The van der Waals surface area contributed by atoms with Gasteiger partial charge in [-0.1, -0.05) is 0 Å². The first kappa shape index (κ1) is 29.4. The Morgan fingerprint density at radius 2 is 1.25 bits per heavy atom. The van der Waals surface area contributed by atoms with Crippen LogP contribution in [0, 0.1) is 159 Å². The van der Waals surface area contributed by atoms with E-state index in [1.165, 1.54) is 0 Å². The van der Waals surface area contributed by atoms with E-state index in [4.69, 9.17) is 15.0 Å². The molecular weight excluding hydrogens is 624 g/mol. The quantitative estimate of drug-likeness (QED) is 0.405. The molecule has 0 aromatic rings. The molecule has 7 heteroatoms. The van der Waals surface area contributed by atoms with Gasteiger partial charge in [0.05, 0.1) is 0 Å². The standard InChI is InChI=1S/CH2O3.Ce.La.Nd.Pr/c2-1(3)4;;;;/h(H2,2,3,4);;;;. The summed E-state index contributed by atoms with van der Waals surface area (Å²) in [6.07, 6.45) is -1.83. The van der Waals surface area contributed by atoms with Crippen LogP contribution in [-0.4, -0.2) is 16.4 Å². The van der Waals surface area contributed by atoms with E-state index < -0.39 is 6.16 Å². The minimum atomic E-state index is -1.83. The van der Waals surface area contributed by atoms with Gasteiger partial charge in [0.25, 0.3) is 0 Å². The molecule has 0 atom stereocenters. The Morgan fingerprint density at radius 3 is 1.25 bits per heavy atom. The summed E-state index contributed by atoms with van der Waals surface area (Å²) in [5.41, 5.74) is 0. The molecule has 0 saturated heterocycles. The van der Waals surface area contributed by atoms with E-state index >= 15 is 0 Å². The van der Waals surface area contributed by atoms with Crippen LogP contribution >= 0.6 is 0 Å². The Hall–Kier alpha value is 4.56. The maximum atomic E-state index is 8.56. The van der Waals surface area contributed by atoms with Crippen molar-refractivity contribution in [1.29, 1.82) is 0 Å². The van der Waals surface area contributed by atoms with Crippen LogP contribution in [0.25, 0.3) is 0 Å². The van der Waals surface area contributed by atoms with Crippen LogP contribution in [0.2, 0.25) is 0 Å². The smallest absolute Gasteiger partial charge is 0.450 e. The van der Waals surface area contributed by atoms with Crippen LogP contribution in [0.3, 0.4) is 0 Å². The van der Waals surface area contributed by atoms with Gasteiger partial charge in [-0.05, 0) is 0 Å². The second-order valence-corrected chi connectivity index (χ2v) is 0.283. The predicted octanol–water partition coefficient (Wildman–Crippen LogP) is 0.222. The second-order valence-electron chi connectivity index (χ2n) is 0.283. The average Bonchev–Trinajstić information content (AvgIpc) is 0.811. The van der Waals surface area contributed by atoms with Crippen LogP contribution in [0.15, 0.2) is 0 Å². The van der Waals surface area contributed by atoms with Crippen molar-refractivity contribution < 1.29 is 174 Å². The molecule has 0 spiro atoms. The third-order valence-corrected chi connectivity index (χ3v) is 0. The van der Waals surface area contributed by atoms with Crippen molar-refractivity contribution >= 4 is 6.16 Å². The summed E-state index contributed by atoms with van der Waals surface area (Å²) in [6.45, 7) is 0. The molecule has 0 saturated carbocycles. The summed E-state index contributed by atoms with van der Waals surface area (Å²) >= 11 is 0. The van der Waals surface area contributed by atoms with Crippen molar-refractivity contribution in [1.82, 2.24) is 0 Å². The van der Waals surface area contributed by atoms with Crippen LogP contribution in [0.5, 0.6) is 0 Å². The summed E-state index contributed by atoms with van der Waals surface area (Å²) in [6, 6.07) is 0. The average molecular weight is 626 g/mol. The van der Waals surface area contributed by atoms with Gasteiger partial charge in [0, 0.05) is 159 Å². The molecule has 0 aliphatic carbocycles. The van der Waals surface area contributed by atoms with Crippen molar-refractivity contribution in [2.24, 2.45) is 0 Å². The number of hydrogen-bond donors (Lipinski definition) is 2. The molecule has 3 nitrogen and oxygen atoms in total. The molecule has 0 heterocycles. The first-order valence-electron chi connectivity index (χ1n) is 0.651. The fourth-order valence-electron chi connectivity index (χ4n) is 0. The first-order valence-corrected chi connectivity index (χ1v) is 0.651. The zero-order valence-electron chi connectivity index (χ0n) is 3.96. The SMILES string of the molecule is O=C(O)O.[Ce].[La].[Nd].[Pr]. The van der Waals surface area contributed by atoms with Crippen molar-refractivity contribution in [3.05, 3.63) is 0 Å². The van der Waals surface area contributed by atoms with Gasteiger partial charge in [-0.3, -0.25) is 0 Å². The Morgan fingerprint density at radius 1 is 1.25 bits per heavy atom. The Bertz CT molecular complexity index is 42.3. The van der Waals surface area contributed by atoms with E-state index in [1.54, 1.807) is 0 Å². The van der Waals surface area contributed by atoms with Gasteiger partial charge in [0.2, 0.25) is 0 Å². The molecule has 0 aliphatic rings. The summed E-state index contributed by atoms with van der Waals surface area (Å²) in [7, 11) is 0. The van der Waals surface area contributed by atoms with Crippen LogP contribution < -0.4 is 0 Å². The molecule has 2 N–H and O–H groups in total. The van der Waals surface area contributed by atoms with Gasteiger partial charge >= 0.3 is 6.16 Å². The maximum absolute atomic E-state index is 8.56. The molecular formula is CH2CeLaNdO3Pr. The Labute approximate surface area is 175 Å². The molecule has 8 heavy (non-hydrogen) atoms. The van der Waals surface area contributed by atoms with E-state index in [2.05, 4.69) is 0 Å². The molecule has 0 rings (SSSR count). The molecule has 0 aromatic heterocycles. The molecule has 0 aromatic carbocycles. The fraction of sp³-hybridized carbons (Fsp3) is 0. The predicted molar refractivity (Wildman–Crippen MR) is 10.7 cm³/mol. The Kier molecular flexibility index (Phi) is 82.8.